The molecule has 0 aromatic heterocycles. The second-order valence-electron chi connectivity index (χ2n) is 6.98. The van der Waals surface area contributed by atoms with Gasteiger partial charge in [0, 0.05) is 18.7 Å². The summed E-state index contributed by atoms with van der Waals surface area (Å²) in [5.41, 5.74) is 2.69. The Bertz CT molecular complexity index is 884. The Morgan fingerprint density at radius 3 is 2.19 bits per heavy atom. The van der Waals surface area contributed by atoms with Crippen molar-refractivity contribution in [3.8, 4) is 0 Å². The largest absolute Gasteiger partial charge is 0.345 e. The summed E-state index contributed by atoms with van der Waals surface area (Å²) in [5, 5.41) is 3.03. The summed E-state index contributed by atoms with van der Waals surface area (Å²) >= 11 is 0. The second-order valence-corrected chi connectivity index (χ2v) is 8.92. The van der Waals surface area contributed by atoms with E-state index in [1.54, 1.807) is 12.1 Å². The van der Waals surface area contributed by atoms with Gasteiger partial charge in [0.15, 0.2) is 0 Å². The fourth-order valence-electron chi connectivity index (χ4n) is 3.32. The molecule has 2 aromatic carbocycles. The standard InChI is InChI=1S/C21H26N2O3S/c1-3-20(17-8-6-16(2)7-9-17)22-21(24)18-10-12-19(13-11-18)27(25,26)23-14-4-5-15-23/h6-13,20H,3-5,14-15H2,1-2H3,(H,22,24)/t20-/m1/s1. The SMILES string of the molecule is CC[C@@H](NC(=O)c1ccc(S(=O)(=O)N2CCCC2)cc1)c1ccc(C)cc1. The molecule has 0 bridgehead atoms. The minimum absolute atomic E-state index is 0.0777. The van der Waals surface area contributed by atoms with Crippen LogP contribution in [0.25, 0.3) is 0 Å². The van der Waals surface area contributed by atoms with Gasteiger partial charge < -0.3 is 5.32 Å². The molecule has 27 heavy (non-hydrogen) atoms. The minimum atomic E-state index is -3.45. The molecule has 0 radical (unpaired) electrons. The Hall–Kier alpha value is -2.18. The molecule has 6 heteroatoms. The van der Waals surface area contributed by atoms with Gasteiger partial charge in [-0.3, -0.25) is 4.79 Å². The molecular weight excluding hydrogens is 360 g/mol. The number of aryl methyl sites for hydroxylation is 1. The van der Waals surface area contributed by atoms with Crippen molar-refractivity contribution in [3.05, 3.63) is 65.2 Å². The van der Waals surface area contributed by atoms with Gasteiger partial charge in [-0.25, -0.2) is 8.42 Å². The third-order valence-electron chi connectivity index (χ3n) is 5.01. The van der Waals surface area contributed by atoms with E-state index in [9.17, 15) is 13.2 Å². The number of benzene rings is 2. The van der Waals surface area contributed by atoms with Crippen molar-refractivity contribution in [2.24, 2.45) is 0 Å². The van der Waals surface area contributed by atoms with Gasteiger partial charge in [-0.2, -0.15) is 4.31 Å². The molecular formula is C21H26N2O3S. The molecule has 1 N–H and O–H groups in total. The Morgan fingerprint density at radius 2 is 1.63 bits per heavy atom. The van der Waals surface area contributed by atoms with Crippen LogP contribution in [0.3, 0.4) is 0 Å². The van der Waals surface area contributed by atoms with Gasteiger partial charge in [0.25, 0.3) is 5.91 Å². The van der Waals surface area contributed by atoms with Crippen molar-refractivity contribution in [3.63, 3.8) is 0 Å². The Labute approximate surface area is 161 Å². The van der Waals surface area contributed by atoms with Gasteiger partial charge in [-0.05, 0) is 56.0 Å². The van der Waals surface area contributed by atoms with E-state index in [2.05, 4.69) is 5.32 Å². The summed E-state index contributed by atoms with van der Waals surface area (Å²) in [6, 6.07) is 14.2. The highest BCUT2D eigenvalue weighted by atomic mass is 32.2. The molecule has 1 fully saturated rings. The summed E-state index contributed by atoms with van der Waals surface area (Å²) in [4.78, 5) is 12.8. The maximum Gasteiger partial charge on any atom is 0.251 e. The molecule has 3 rings (SSSR count). The number of nitrogens with zero attached hydrogens (tertiary/aromatic N) is 1. The summed E-state index contributed by atoms with van der Waals surface area (Å²) < 4.78 is 26.7. The topological polar surface area (TPSA) is 66.5 Å². The first-order valence-corrected chi connectivity index (χ1v) is 10.8. The first-order chi connectivity index (χ1) is 12.9. The number of carbonyl (C=O) groups excluding carboxylic acids is 1. The maximum absolute atomic E-state index is 12.6. The van der Waals surface area contributed by atoms with Crippen molar-refractivity contribution in [1.82, 2.24) is 9.62 Å². The van der Waals surface area contributed by atoms with Crippen LogP contribution >= 0.6 is 0 Å². The summed E-state index contributed by atoms with van der Waals surface area (Å²) in [5.74, 6) is -0.201. The smallest absolute Gasteiger partial charge is 0.251 e. The van der Waals surface area contributed by atoms with Crippen LogP contribution < -0.4 is 5.32 Å². The molecule has 144 valence electrons. The molecule has 1 amide bonds. The number of hydrogen-bond donors (Lipinski definition) is 1. The van der Waals surface area contributed by atoms with E-state index in [1.165, 1.54) is 22.0 Å². The van der Waals surface area contributed by atoms with E-state index >= 15 is 0 Å². The quantitative estimate of drug-likeness (QED) is 0.824. The zero-order chi connectivity index (χ0) is 19.4. The van der Waals surface area contributed by atoms with Crippen molar-refractivity contribution in [1.29, 1.82) is 0 Å². The Balaban J connectivity index is 1.72. The number of nitrogens with one attached hydrogen (secondary N) is 1. The fourth-order valence-corrected chi connectivity index (χ4v) is 4.83. The van der Waals surface area contributed by atoms with Gasteiger partial charge in [0.2, 0.25) is 10.0 Å². The lowest BCUT2D eigenvalue weighted by Gasteiger charge is -2.18. The van der Waals surface area contributed by atoms with Gasteiger partial charge in [-0.15, -0.1) is 0 Å². The lowest BCUT2D eigenvalue weighted by molar-refractivity contribution is 0.0935. The number of rotatable bonds is 6. The van der Waals surface area contributed by atoms with Crippen molar-refractivity contribution >= 4 is 15.9 Å². The van der Waals surface area contributed by atoms with E-state index in [0.717, 1.165) is 24.8 Å². The van der Waals surface area contributed by atoms with Crippen LogP contribution in [0.1, 0.15) is 53.7 Å². The molecule has 0 aliphatic carbocycles. The van der Waals surface area contributed by atoms with Gasteiger partial charge in [0.1, 0.15) is 0 Å². The molecule has 1 atom stereocenters. The second kappa shape index (κ2) is 8.23. The van der Waals surface area contributed by atoms with E-state index < -0.39 is 10.0 Å². The van der Waals surface area contributed by atoms with E-state index in [0.29, 0.717) is 18.7 Å². The molecule has 1 heterocycles. The van der Waals surface area contributed by atoms with E-state index in [-0.39, 0.29) is 16.8 Å². The van der Waals surface area contributed by atoms with E-state index in [4.69, 9.17) is 0 Å². The average molecular weight is 387 g/mol. The first-order valence-electron chi connectivity index (χ1n) is 9.39. The molecule has 5 nitrogen and oxygen atoms in total. The number of sulfonamides is 1. The molecule has 2 aromatic rings. The van der Waals surface area contributed by atoms with Crippen LogP contribution in [-0.4, -0.2) is 31.7 Å². The lowest BCUT2D eigenvalue weighted by atomic mass is 10.0. The highest BCUT2D eigenvalue weighted by Gasteiger charge is 2.27. The predicted molar refractivity (Wildman–Crippen MR) is 106 cm³/mol. The Kier molecular flexibility index (Phi) is 5.97. The Morgan fingerprint density at radius 1 is 1.04 bits per heavy atom. The van der Waals surface area contributed by atoms with Crippen LogP contribution in [0.2, 0.25) is 0 Å². The molecule has 0 unspecified atom stereocenters. The number of carbonyl (C=O) groups is 1. The zero-order valence-corrected chi connectivity index (χ0v) is 16.6. The van der Waals surface area contributed by atoms with Crippen LogP contribution in [0.4, 0.5) is 0 Å². The van der Waals surface area contributed by atoms with Crippen molar-refractivity contribution in [2.45, 2.75) is 44.0 Å². The van der Waals surface area contributed by atoms with Crippen LogP contribution in [-0.2, 0) is 10.0 Å². The van der Waals surface area contributed by atoms with Crippen LogP contribution in [0.15, 0.2) is 53.4 Å². The predicted octanol–water partition coefficient (Wildman–Crippen LogP) is 3.66. The van der Waals surface area contributed by atoms with Crippen LogP contribution in [0.5, 0.6) is 0 Å². The highest BCUT2D eigenvalue weighted by Crippen LogP contribution is 2.22. The van der Waals surface area contributed by atoms with Crippen LogP contribution in [0, 0.1) is 6.92 Å². The minimum Gasteiger partial charge on any atom is -0.345 e. The maximum atomic E-state index is 12.6. The molecule has 1 saturated heterocycles. The average Bonchev–Trinajstić information content (AvgIpc) is 3.22. The normalized spacial score (nSPS) is 16.2. The molecule has 0 saturated carbocycles. The number of hydrogen-bond acceptors (Lipinski definition) is 3. The van der Waals surface area contributed by atoms with Gasteiger partial charge in [0.05, 0.1) is 10.9 Å². The van der Waals surface area contributed by atoms with Gasteiger partial charge >= 0.3 is 0 Å². The van der Waals surface area contributed by atoms with Crippen molar-refractivity contribution < 1.29 is 13.2 Å². The molecule has 0 spiro atoms. The third-order valence-corrected chi connectivity index (χ3v) is 6.93. The van der Waals surface area contributed by atoms with Gasteiger partial charge in [-0.1, -0.05) is 36.8 Å². The molecule has 1 aliphatic rings. The lowest BCUT2D eigenvalue weighted by Crippen LogP contribution is -2.29. The summed E-state index contributed by atoms with van der Waals surface area (Å²) in [6.07, 6.45) is 2.57. The van der Waals surface area contributed by atoms with Crippen molar-refractivity contribution in [2.75, 3.05) is 13.1 Å². The van der Waals surface area contributed by atoms with E-state index in [1.807, 2.05) is 38.1 Å². The monoisotopic (exact) mass is 386 g/mol. The highest BCUT2D eigenvalue weighted by molar-refractivity contribution is 7.89. The number of amides is 1. The third kappa shape index (κ3) is 4.39. The molecule has 1 aliphatic heterocycles. The fraction of sp³-hybridized carbons (Fsp3) is 0.381. The summed E-state index contributed by atoms with van der Waals surface area (Å²) in [6.45, 7) is 5.19. The zero-order valence-electron chi connectivity index (χ0n) is 15.8. The summed E-state index contributed by atoms with van der Waals surface area (Å²) in [7, 11) is -3.45. The first kappa shape index (κ1) is 19.6.